The zero-order valence-corrected chi connectivity index (χ0v) is 12.7. The highest BCUT2D eigenvalue weighted by molar-refractivity contribution is 5.32. The van der Waals surface area contributed by atoms with Crippen molar-refractivity contribution in [3.05, 3.63) is 39.9 Å². The molecule has 3 unspecified atom stereocenters. The monoisotopic (exact) mass is 291 g/mol. The number of nitro benzene ring substituents is 1. The lowest BCUT2D eigenvalue weighted by Crippen LogP contribution is -2.29. The predicted octanol–water partition coefficient (Wildman–Crippen LogP) is 4.10. The van der Waals surface area contributed by atoms with Gasteiger partial charge in [0.1, 0.15) is 0 Å². The fourth-order valence-electron chi connectivity index (χ4n) is 3.46. The summed E-state index contributed by atoms with van der Waals surface area (Å²) in [5, 5.41) is 20.8. The molecule has 116 valence electrons. The van der Waals surface area contributed by atoms with E-state index in [9.17, 15) is 15.2 Å². The van der Waals surface area contributed by atoms with Crippen LogP contribution in [0.2, 0.25) is 0 Å². The number of nitrogens with zero attached hydrogens (tertiary/aromatic N) is 1. The van der Waals surface area contributed by atoms with Crippen LogP contribution in [0.5, 0.6) is 0 Å². The number of nitro groups is 1. The van der Waals surface area contributed by atoms with Gasteiger partial charge in [-0.15, -0.1) is 0 Å². The summed E-state index contributed by atoms with van der Waals surface area (Å²) in [7, 11) is 0. The molecule has 1 aromatic carbocycles. The third kappa shape index (κ3) is 4.53. The van der Waals surface area contributed by atoms with E-state index >= 15 is 0 Å². The maximum Gasteiger partial charge on any atom is 0.269 e. The first-order valence-corrected chi connectivity index (χ1v) is 8.01. The number of aryl methyl sites for hydroxylation is 1. The second-order valence-corrected chi connectivity index (χ2v) is 6.26. The highest BCUT2D eigenvalue weighted by Crippen LogP contribution is 2.34. The minimum absolute atomic E-state index is 0.138. The number of hydrogen-bond acceptors (Lipinski definition) is 3. The molecule has 0 radical (unpaired) electrons. The quantitative estimate of drug-likeness (QED) is 0.634. The van der Waals surface area contributed by atoms with Crippen LogP contribution >= 0.6 is 0 Å². The number of aliphatic hydroxyl groups excluding tert-OH is 1. The molecule has 0 aliphatic heterocycles. The minimum Gasteiger partial charge on any atom is -0.393 e. The van der Waals surface area contributed by atoms with Gasteiger partial charge in [0, 0.05) is 12.1 Å². The highest BCUT2D eigenvalue weighted by atomic mass is 16.6. The molecule has 4 heteroatoms. The molecule has 2 rings (SSSR count). The van der Waals surface area contributed by atoms with E-state index in [-0.39, 0.29) is 16.7 Å². The summed E-state index contributed by atoms with van der Waals surface area (Å²) in [6.07, 6.45) is 7.38. The number of hydrogen-bond donors (Lipinski definition) is 1. The van der Waals surface area contributed by atoms with Crippen LogP contribution in [0.15, 0.2) is 24.3 Å². The second-order valence-electron chi connectivity index (χ2n) is 6.26. The molecule has 0 amide bonds. The van der Waals surface area contributed by atoms with Crippen molar-refractivity contribution in [1.29, 1.82) is 0 Å². The lowest BCUT2D eigenvalue weighted by atomic mass is 9.75. The van der Waals surface area contributed by atoms with E-state index in [1.54, 1.807) is 12.1 Å². The SMILES string of the molecule is CCCC1CCC(O)C(CCc2ccc([N+](=O)[O-])cc2)C1. The third-order valence-corrected chi connectivity index (χ3v) is 4.70. The van der Waals surface area contributed by atoms with E-state index in [0.29, 0.717) is 5.92 Å². The Morgan fingerprint density at radius 2 is 1.95 bits per heavy atom. The van der Waals surface area contributed by atoms with Crippen LogP contribution in [0.25, 0.3) is 0 Å². The van der Waals surface area contributed by atoms with Gasteiger partial charge in [-0.25, -0.2) is 0 Å². The van der Waals surface area contributed by atoms with E-state index in [1.807, 2.05) is 12.1 Å². The van der Waals surface area contributed by atoms with E-state index in [1.165, 1.54) is 12.8 Å². The molecule has 1 aliphatic rings. The molecule has 0 spiro atoms. The van der Waals surface area contributed by atoms with Gasteiger partial charge in [0.25, 0.3) is 5.69 Å². The van der Waals surface area contributed by atoms with Gasteiger partial charge in [-0.05, 0) is 49.5 Å². The van der Waals surface area contributed by atoms with Crippen molar-refractivity contribution in [2.45, 2.75) is 58.0 Å². The first kappa shape index (κ1) is 16.0. The molecule has 0 heterocycles. The van der Waals surface area contributed by atoms with Gasteiger partial charge < -0.3 is 5.11 Å². The van der Waals surface area contributed by atoms with E-state index in [4.69, 9.17) is 0 Å². The van der Waals surface area contributed by atoms with E-state index < -0.39 is 0 Å². The summed E-state index contributed by atoms with van der Waals surface area (Å²) in [6.45, 7) is 2.22. The van der Waals surface area contributed by atoms with Crippen LogP contribution in [0, 0.1) is 22.0 Å². The van der Waals surface area contributed by atoms with Gasteiger partial charge in [-0.2, -0.15) is 0 Å². The molecule has 1 saturated carbocycles. The maximum atomic E-state index is 10.6. The van der Waals surface area contributed by atoms with Crippen LogP contribution in [0.4, 0.5) is 5.69 Å². The van der Waals surface area contributed by atoms with Gasteiger partial charge in [0.2, 0.25) is 0 Å². The minimum atomic E-state index is -0.371. The topological polar surface area (TPSA) is 63.4 Å². The predicted molar refractivity (Wildman–Crippen MR) is 83.2 cm³/mol. The first-order valence-electron chi connectivity index (χ1n) is 8.01. The third-order valence-electron chi connectivity index (χ3n) is 4.70. The Hall–Kier alpha value is -1.42. The molecule has 21 heavy (non-hydrogen) atoms. The zero-order valence-electron chi connectivity index (χ0n) is 12.7. The number of rotatable bonds is 6. The molecule has 1 aromatic rings. The average molecular weight is 291 g/mol. The molecule has 4 nitrogen and oxygen atoms in total. The summed E-state index contributed by atoms with van der Waals surface area (Å²) in [5.74, 6) is 1.14. The average Bonchev–Trinajstić information content (AvgIpc) is 2.48. The van der Waals surface area contributed by atoms with Crippen LogP contribution in [-0.2, 0) is 6.42 Å². The number of non-ortho nitro benzene ring substituents is 1. The maximum absolute atomic E-state index is 10.6. The molecule has 1 fully saturated rings. The Bertz CT molecular complexity index is 458. The molecule has 1 aliphatic carbocycles. The van der Waals surface area contributed by atoms with Crippen molar-refractivity contribution in [3.8, 4) is 0 Å². The zero-order chi connectivity index (χ0) is 15.2. The van der Waals surface area contributed by atoms with Crippen molar-refractivity contribution < 1.29 is 10.0 Å². The molecular weight excluding hydrogens is 266 g/mol. The standard InChI is InChI=1S/C17H25NO3/c1-2-3-14-7-11-17(19)15(12-14)8-4-13-5-9-16(10-6-13)18(20)21/h5-6,9-10,14-15,17,19H,2-4,7-8,11-12H2,1H3. The molecule has 0 bridgehead atoms. The Morgan fingerprint density at radius 3 is 2.57 bits per heavy atom. The summed E-state index contributed by atoms with van der Waals surface area (Å²) < 4.78 is 0. The largest absolute Gasteiger partial charge is 0.393 e. The van der Waals surface area contributed by atoms with Gasteiger partial charge >= 0.3 is 0 Å². The van der Waals surface area contributed by atoms with Crippen molar-refractivity contribution in [2.24, 2.45) is 11.8 Å². The van der Waals surface area contributed by atoms with Crippen LogP contribution < -0.4 is 0 Å². The molecule has 0 saturated heterocycles. The Balaban J connectivity index is 1.87. The van der Waals surface area contributed by atoms with Gasteiger partial charge in [0.05, 0.1) is 11.0 Å². The summed E-state index contributed by atoms with van der Waals surface area (Å²) >= 11 is 0. The first-order chi connectivity index (χ1) is 10.1. The van der Waals surface area contributed by atoms with Crippen molar-refractivity contribution in [2.75, 3.05) is 0 Å². The molecular formula is C17H25NO3. The lowest BCUT2D eigenvalue weighted by Gasteiger charge is -2.33. The molecule has 3 atom stereocenters. The summed E-state index contributed by atoms with van der Waals surface area (Å²) in [6, 6.07) is 6.78. The van der Waals surface area contributed by atoms with Crippen molar-refractivity contribution >= 4 is 5.69 Å². The fourth-order valence-corrected chi connectivity index (χ4v) is 3.46. The normalized spacial score (nSPS) is 25.7. The van der Waals surface area contributed by atoms with Gasteiger partial charge in [-0.1, -0.05) is 31.9 Å². The Labute approximate surface area is 126 Å². The van der Waals surface area contributed by atoms with E-state index in [2.05, 4.69) is 6.92 Å². The second kappa shape index (κ2) is 7.55. The summed E-state index contributed by atoms with van der Waals surface area (Å²) in [5.41, 5.74) is 1.25. The van der Waals surface area contributed by atoms with E-state index in [0.717, 1.165) is 43.6 Å². The van der Waals surface area contributed by atoms with Gasteiger partial charge in [0.15, 0.2) is 0 Å². The highest BCUT2D eigenvalue weighted by Gasteiger charge is 2.28. The van der Waals surface area contributed by atoms with Crippen molar-refractivity contribution in [1.82, 2.24) is 0 Å². The van der Waals surface area contributed by atoms with Crippen molar-refractivity contribution in [3.63, 3.8) is 0 Å². The Kier molecular flexibility index (Phi) is 5.74. The fraction of sp³-hybridized carbons (Fsp3) is 0.647. The molecule has 1 N–H and O–H groups in total. The van der Waals surface area contributed by atoms with Crippen LogP contribution in [0.1, 0.15) is 51.0 Å². The Morgan fingerprint density at radius 1 is 1.24 bits per heavy atom. The smallest absolute Gasteiger partial charge is 0.269 e. The number of aliphatic hydroxyl groups is 1. The lowest BCUT2D eigenvalue weighted by molar-refractivity contribution is -0.384. The molecule has 0 aromatic heterocycles. The summed E-state index contributed by atoms with van der Waals surface area (Å²) in [4.78, 5) is 10.3. The number of benzene rings is 1. The van der Waals surface area contributed by atoms with Crippen LogP contribution in [-0.4, -0.2) is 16.1 Å². The van der Waals surface area contributed by atoms with Crippen LogP contribution in [0.3, 0.4) is 0 Å². The van der Waals surface area contributed by atoms with Gasteiger partial charge in [-0.3, -0.25) is 10.1 Å².